The first kappa shape index (κ1) is 17.7. The second kappa shape index (κ2) is 7.13. The summed E-state index contributed by atoms with van der Waals surface area (Å²) in [5.74, 6) is 1.73. The zero-order valence-electron chi connectivity index (χ0n) is 15.8. The molecule has 4 rings (SSSR count). The summed E-state index contributed by atoms with van der Waals surface area (Å²) in [6, 6.07) is 5.57. The smallest absolute Gasteiger partial charge is 0.226 e. The molecule has 2 amide bonds. The fourth-order valence-electron chi connectivity index (χ4n) is 3.73. The van der Waals surface area contributed by atoms with Crippen LogP contribution in [0.25, 0.3) is 0 Å². The molecule has 142 valence electrons. The molecule has 2 aromatic heterocycles. The molecule has 0 bridgehead atoms. The highest BCUT2D eigenvalue weighted by Crippen LogP contribution is 2.41. The highest BCUT2D eigenvalue weighted by Gasteiger charge is 2.43. The predicted molar refractivity (Wildman–Crippen MR) is 99.4 cm³/mol. The van der Waals surface area contributed by atoms with E-state index in [1.165, 1.54) is 0 Å². The number of carbonyl (C=O) groups excluding carboxylic acids is 2. The van der Waals surface area contributed by atoms with Gasteiger partial charge in [0.2, 0.25) is 11.8 Å². The van der Waals surface area contributed by atoms with Crippen molar-refractivity contribution in [3.05, 3.63) is 47.8 Å². The molecule has 0 saturated heterocycles. The Bertz CT molecular complexity index is 847. The molecule has 0 radical (unpaired) electrons. The molecule has 0 aromatic carbocycles. The van der Waals surface area contributed by atoms with E-state index in [1.54, 1.807) is 6.20 Å². The molecule has 0 spiro atoms. The van der Waals surface area contributed by atoms with E-state index in [-0.39, 0.29) is 30.2 Å². The van der Waals surface area contributed by atoms with Crippen LogP contribution in [0.1, 0.15) is 43.5 Å². The van der Waals surface area contributed by atoms with Gasteiger partial charge in [-0.25, -0.2) is 4.98 Å². The van der Waals surface area contributed by atoms with E-state index in [2.05, 4.69) is 26.8 Å². The molecule has 1 N–H and O–H groups in total. The summed E-state index contributed by atoms with van der Waals surface area (Å²) in [7, 11) is 0. The Hall–Kier alpha value is -2.70. The Morgan fingerprint density at radius 1 is 1.22 bits per heavy atom. The van der Waals surface area contributed by atoms with Crippen LogP contribution in [0.15, 0.2) is 30.6 Å². The monoisotopic (exact) mass is 367 g/mol. The summed E-state index contributed by atoms with van der Waals surface area (Å²) < 4.78 is 2.08. The maximum absolute atomic E-state index is 12.6. The second-order valence-corrected chi connectivity index (χ2v) is 7.59. The van der Waals surface area contributed by atoms with Crippen LogP contribution in [-0.2, 0) is 29.1 Å². The van der Waals surface area contributed by atoms with Crippen molar-refractivity contribution in [2.24, 2.45) is 11.8 Å². The van der Waals surface area contributed by atoms with Crippen molar-refractivity contribution in [2.75, 3.05) is 6.54 Å². The van der Waals surface area contributed by atoms with Crippen molar-refractivity contribution >= 4 is 11.8 Å². The first-order valence-electron chi connectivity index (χ1n) is 9.56. The van der Waals surface area contributed by atoms with Crippen LogP contribution in [0.4, 0.5) is 0 Å². The van der Waals surface area contributed by atoms with Crippen molar-refractivity contribution < 1.29 is 9.59 Å². The lowest BCUT2D eigenvalue weighted by molar-refractivity contribution is -0.136. The summed E-state index contributed by atoms with van der Waals surface area (Å²) in [6.45, 7) is 5.99. The van der Waals surface area contributed by atoms with Gasteiger partial charge in [0, 0.05) is 31.4 Å². The van der Waals surface area contributed by atoms with E-state index in [0.717, 1.165) is 30.2 Å². The van der Waals surface area contributed by atoms with Gasteiger partial charge in [-0.1, -0.05) is 13.0 Å². The standard InChI is InChI=1S/C20H25N5O2/c1-13-9-17(13)20(27)25-8-7-24-12-16(23-19(24)14(25)2)10-18(26)22-11-15-5-3-4-6-21-15/h3-6,12-14,17H,7-11H2,1-2H3,(H,22,26)/t13-,14+,17-/m1/s1. The van der Waals surface area contributed by atoms with Crippen molar-refractivity contribution in [1.29, 1.82) is 0 Å². The molecule has 3 heterocycles. The number of amides is 2. The minimum atomic E-state index is -0.0801. The zero-order chi connectivity index (χ0) is 19.0. The summed E-state index contributed by atoms with van der Waals surface area (Å²) in [6.07, 6.45) is 4.88. The number of fused-ring (bicyclic) bond motifs is 1. The normalized spacial score (nSPS) is 23.6. The second-order valence-electron chi connectivity index (χ2n) is 7.59. The van der Waals surface area contributed by atoms with Gasteiger partial charge in [0.25, 0.3) is 0 Å². The Balaban J connectivity index is 1.37. The van der Waals surface area contributed by atoms with Gasteiger partial charge < -0.3 is 14.8 Å². The Labute approximate surface area is 158 Å². The van der Waals surface area contributed by atoms with Crippen LogP contribution in [-0.4, -0.2) is 37.8 Å². The molecule has 27 heavy (non-hydrogen) atoms. The van der Waals surface area contributed by atoms with Crippen LogP contribution >= 0.6 is 0 Å². The van der Waals surface area contributed by atoms with Crippen molar-refractivity contribution in [3.63, 3.8) is 0 Å². The van der Waals surface area contributed by atoms with Crippen LogP contribution in [0, 0.1) is 11.8 Å². The molecule has 1 fully saturated rings. The molecule has 1 saturated carbocycles. The molecule has 7 heteroatoms. The van der Waals surface area contributed by atoms with Gasteiger partial charge in [-0.15, -0.1) is 0 Å². The Kier molecular flexibility index (Phi) is 4.68. The van der Waals surface area contributed by atoms with Gasteiger partial charge in [0.1, 0.15) is 5.82 Å². The average Bonchev–Trinajstić information content (AvgIpc) is 3.25. The van der Waals surface area contributed by atoms with Crippen molar-refractivity contribution in [2.45, 2.75) is 45.8 Å². The molecule has 0 unspecified atom stereocenters. The minimum Gasteiger partial charge on any atom is -0.350 e. The lowest BCUT2D eigenvalue weighted by Crippen LogP contribution is -2.42. The fourth-order valence-corrected chi connectivity index (χ4v) is 3.73. The van der Waals surface area contributed by atoms with E-state index >= 15 is 0 Å². The van der Waals surface area contributed by atoms with E-state index in [0.29, 0.717) is 19.0 Å². The Morgan fingerprint density at radius 3 is 2.74 bits per heavy atom. The van der Waals surface area contributed by atoms with Crippen LogP contribution in [0.3, 0.4) is 0 Å². The summed E-state index contributed by atoms with van der Waals surface area (Å²) in [5.41, 5.74) is 1.57. The molecule has 7 nitrogen and oxygen atoms in total. The maximum atomic E-state index is 12.6. The first-order chi connectivity index (χ1) is 13.0. The number of carbonyl (C=O) groups is 2. The number of imidazole rings is 1. The third-order valence-corrected chi connectivity index (χ3v) is 5.52. The first-order valence-corrected chi connectivity index (χ1v) is 9.56. The molecule has 1 aliphatic carbocycles. The van der Waals surface area contributed by atoms with Crippen molar-refractivity contribution in [3.8, 4) is 0 Å². The van der Waals surface area contributed by atoms with Gasteiger partial charge in [-0.2, -0.15) is 0 Å². The zero-order valence-corrected chi connectivity index (χ0v) is 15.8. The summed E-state index contributed by atoms with van der Waals surface area (Å²) in [4.78, 5) is 35.6. The topological polar surface area (TPSA) is 80.1 Å². The molecule has 1 aliphatic heterocycles. The number of hydrogen-bond acceptors (Lipinski definition) is 4. The van der Waals surface area contributed by atoms with Gasteiger partial charge in [-0.05, 0) is 31.4 Å². The summed E-state index contributed by atoms with van der Waals surface area (Å²) >= 11 is 0. The largest absolute Gasteiger partial charge is 0.350 e. The Morgan fingerprint density at radius 2 is 2.04 bits per heavy atom. The molecule has 3 atom stereocenters. The number of nitrogens with zero attached hydrogens (tertiary/aromatic N) is 4. The minimum absolute atomic E-state index is 0.0515. The van der Waals surface area contributed by atoms with E-state index in [9.17, 15) is 9.59 Å². The average molecular weight is 367 g/mol. The van der Waals surface area contributed by atoms with E-state index in [1.807, 2.05) is 36.2 Å². The molecule has 2 aliphatic rings. The van der Waals surface area contributed by atoms with Gasteiger partial charge in [0.05, 0.1) is 30.4 Å². The van der Waals surface area contributed by atoms with Gasteiger partial charge in [0.15, 0.2) is 0 Å². The van der Waals surface area contributed by atoms with E-state index < -0.39 is 0 Å². The number of rotatable bonds is 5. The molecular formula is C20H25N5O2. The number of pyridine rings is 1. The molecular weight excluding hydrogens is 342 g/mol. The number of nitrogens with one attached hydrogen (secondary N) is 1. The van der Waals surface area contributed by atoms with Crippen LogP contribution in [0.5, 0.6) is 0 Å². The third-order valence-electron chi connectivity index (χ3n) is 5.52. The van der Waals surface area contributed by atoms with Crippen LogP contribution in [0.2, 0.25) is 0 Å². The van der Waals surface area contributed by atoms with Gasteiger partial charge in [-0.3, -0.25) is 14.6 Å². The SMILES string of the molecule is C[C@@H]1C[C@H]1C(=O)N1CCn2cc(CC(=O)NCc3ccccn3)nc2[C@@H]1C. The summed E-state index contributed by atoms with van der Waals surface area (Å²) in [5, 5.41) is 2.88. The number of aromatic nitrogens is 3. The highest BCUT2D eigenvalue weighted by atomic mass is 16.2. The lowest BCUT2D eigenvalue weighted by Gasteiger charge is -2.34. The van der Waals surface area contributed by atoms with E-state index in [4.69, 9.17) is 0 Å². The number of hydrogen-bond donors (Lipinski definition) is 1. The van der Waals surface area contributed by atoms with Crippen LogP contribution < -0.4 is 5.32 Å². The quantitative estimate of drug-likeness (QED) is 0.872. The highest BCUT2D eigenvalue weighted by molar-refractivity contribution is 5.82. The fraction of sp³-hybridized carbons (Fsp3) is 0.500. The third kappa shape index (κ3) is 3.72. The maximum Gasteiger partial charge on any atom is 0.226 e. The van der Waals surface area contributed by atoms with Gasteiger partial charge >= 0.3 is 0 Å². The molecule has 2 aromatic rings. The predicted octanol–water partition coefficient (Wildman–Crippen LogP) is 1.70. The lowest BCUT2D eigenvalue weighted by atomic mass is 10.1. The van der Waals surface area contributed by atoms with Crippen molar-refractivity contribution in [1.82, 2.24) is 24.8 Å².